The Bertz CT molecular complexity index is 600. The second-order valence-electron chi connectivity index (χ2n) is 7.36. The molecule has 158 valence electrons. The SMILES string of the molecule is CCCCCCCCCCCCCCOS(=O)(=O)c1cccc(C)c1C.N. The molecule has 0 amide bonds. The second-order valence-corrected chi connectivity index (χ2v) is 8.95. The van der Waals surface area contributed by atoms with E-state index in [0.717, 1.165) is 24.0 Å². The van der Waals surface area contributed by atoms with Crippen molar-refractivity contribution in [2.24, 2.45) is 0 Å². The van der Waals surface area contributed by atoms with Gasteiger partial charge in [-0.3, -0.25) is 4.18 Å². The Balaban J connectivity index is 0.00000676. The van der Waals surface area contributed by atoms with E-state index in [2.05, 4.69) is 6.92 Å². The molecule has 0 aromatic heterocycles. The Labute approximate surface area is 167 Å². The number of hydrogen-bond donors (Lipinski definition) is 1. The van der Waals surface area contributed by atoms with E-state index in [1.165, 1.54) is 64.2 Å². The highest BCUT2D eigenvalue weighted by Gasteiger charge is 2.18. The minimum Gasteiger partial charge on any atom is -0.344 e. The zero-order chi connectivity index (χ0) is 19.3. The number of aryl methyl sites for hydroxylation is 1. The molecule has 5 heteroatoms. The first-order chi connectivity index (χ1) is 12.5. The van der Waals surface area contributed by atoms with Gasteiger partial charge in [-0.05, 0) is 37.5 Å². The molecule has 0 heterocycles. The van der Waals surface area contributed by atoms with Crippen molar-refractivity contribution in [1.82, 2.24) is 6.15 Å². The summed E-state index contributed by atoms with van der Waals surface area (Å²) in [5, 5.41) is 0. The van der Waals surface area contributed by atoms with Crippen molar-refractivity contribution in [3.63, 3.8) is 0 Å². The normalized spacial score (nSPS) is 11.4. The van der Waals surface area contributed by atoms with E-state index >= 15 is 0 Å². The summed E-state index contributed by atoms with van der Waals surface area (Å²) in [6.45, 7) is 6.28. The lowest BCUT2D eigenvalue weighted by molar-refractivity contribution is 0.306. The highest BCUT2D eigenvalue weighted by Crippen LogP contribution is 2.20. The molecule has 4 nitrogen and oxygen atoms in total. The summed E-state index contributed by atoms with van der Waals surface area (Å²) < 4.78 is 29.8. The number of rotatable bonds is 15. The van der Waals surface area contributed by atoms with Crippen LogP contribution in [0.25, 0.3) is 0 Å². The first-order valence-corrected chi connectivity index (χ1v) is 11.9. The molecule has 1 aromatic carbocycles. The first-order valence-electron chi connectivity index (χ1n) is 10.4. The standard InChI is InChI=1S/C22H38O3S.H3N/c1-4-5-6-7-8-9-10-11-12-13-14-15-19-25-26(23,24)22-18-16-17-20(2)21(22)3;/h16-18H,4-15,19H2,1-3H3;1H3. The van der Waals surface area contributed by atoms with Crippen molar-refractivity contribution < 1.29 is 12.6 Å². The summed E-state index contributed by atoms with van der Waals surface area (Å²) in [7, 11) is -3.63. The van der Waals surface area contributed by atoms with Gasteiger partial charge >= 0.3 is 0 Å². The van der Waals surface area contributed by atoms with Crippen molar-refractivity contribution in [3.05, 3.63) is 29.3 Å². The van der Waals surface area contributed by atoms with Crippen molar-refractivity contribution >= 4 is 10.1 Å². The number of hydrogen-bond acceptors (Lipinski definition) is 4. The van der Waals surface area contributed by atoms with E-state index in [4.69, 9.17) is 4.18 Å². The van der Waals surface area contributed by atoms with E-state index in [0.29, 0.717) is 4.90 Å². The molecule has 27 heavy (non-hydrogen) atoms. The molecule has 0 atom stereocenters. The van der Waals surface area contributed by atoms with Crippen LogP contribution in [0.1, 0.15) is 95.1 Å². The smallest absolute Gasteiger partial charge is 0.297 e. The van der Waals surface area contributed by atoms with Gasteiger partial charge in [0.25, 0.3) is 10.1 Å². The Morgan fingerprint density at radius 2 is 1.26 bits per heavy atom. The topological polar surface area (TPSA) is 78.4 Å². The molecule has 0 aliphatic carbocycles. The van der Waals surface area contributed by atoms with Crippen molar-refractivity contribution in [3.8, 4) is 0 Å². The zero-order valence-electron chi connectivity index (χ0n) is 17.8. The highest BCUT2D eigenvalue weighted by molar-refractivity contribution is 7.86. The van der Waals surface area contributed by atoms with E-state index in [-0.39, 0.29) is 12.8 Å². The minimum atomic E-state index is -3.63. The summed E-state index contributed by atoms with van der Waals surface area (Å²) in [6, 6.07) is 5.31. The fraction of sp³-hybridized carbons (Fsp3) is 0.727. The average molecular weight is 400 g/mol. The van der Waals surface area contributed by atoms with Gasteiger partial charge in [0.2, 0.25) is 0 Å². The third kappa shape index (κ3) is 10.9. The first kappa shape index (κ1) is 26.1. The van der Waals surface area contributed by atoms with Crippen LogP contribution in [0, 0.1) is 13.8 Å². The van der Waals surface area contributed by atoms with Gasteiger partial charge in [0.05, 0.1) is 11.5 Å². The fourth-order valence-corrected chi connectivity index (χ4v) is 4.42. The van der Waals surface area contributed by atoms with E-state index in [1.807, 2.05) is 19.9 Å². The maximum atomic E-state index is 12.3. The number of unbranched alkanes of at least 4 members (excludes halogenated alkanes) is 11. The van der Waals surface area contributed by atoms with Crippen LogP contribution in [0.2, 0.25) is 0 Å². The maximum absolute atomic E-state index is 12.3. The van der Waals surface area contributed by atoms with E-state index in [1.54, 1.807) is 12.1 Å². The van der Waals surface area contributed by atoms with Gasteiger partial charge in [0.15, 0.2) is 0 Å². The molecule has 0 saturated heterocycles. The van der Waals surface area contributed by atoms with Crippen LogP contribution in [-0.4, -0.2) is 15.0 Å². The van der Waals surface area contributed by atoms with Gasteiger partial charge in [-0.2, -0.15) is 8.42 Å². The maximum Gasteiger partial charge on any atom is 0.297 e. The van der Waals surface area contributed by atoms with E-state index < -0.39 is 10.1 Å². The molecule has 0 radical (unpaired) electrons. The van der Waals surface area contributed by atoms with Gasteiger partial charge < -0.3 is 6.15 Å². The Hall–Kier alpha value is -0.910. The lowest BCUT2D eigenvalue weighted by atomic mass is 10.1. The molecule has 0 fully saturated rings. The third-order valence-corrected chi connectivity index (χ3v) is 6.52. The monoisotopic (exact) mass is 399 g/mol. The Kier molecular flexibility index (Phi) is 14.6. The summed E-state index contributed by atoms with van der Waals surface area (Å²) in [5.74, 6) is 0. The molecule has 1 aromatic rings. The second kappa shape index (κ2) is 15.1. The zero-order valence-corrected chi connectivity index (χ0v) is 18.6. The van der Waals surface area contributed by atoms with Gasteiger partial charge in [0, 0.05) is 0 Å². The molecule has 3 N–H and O–H groups in total. The molecule has 0 spiro atoms. The summed E-state index contributed by atoms with van der Waals surface area (Å²) in [4.78, 5) is 0.302. The largest absolute Gasteiger partial charge is 0.344 e. The van der Waals surface area contributed by atoms with Crippen LogP contribution >= 0.6 is 0 Å². The molecule has 0 aliphatic rings. The molecular weight excluding hydrogens is 358 g/mol. The molecule has 0 bridgehead atoms. The fourth-order valence-electron chi connectivity index (χ4n) is 3.17. The van der Waals surface area contributed by atoms with Gasteiger partial charge in [0.1, 0.15) is 0 Å². The molecule has 1 rings (SSSR count). The van der Waals surface area contributed by atoms with Gasteiger partial charge in [-0.1, -0.05) is 89.7 Å². The third-order valence-electron chi connectivity index (χ3n) is 5.06. The van der Waals surface area contributed by atoms with Crippen LogP contribution in [0.3, 0.4) is 0 Å². The Morgan fingerprint density at radius 3 is 1.78 bits per heavy atom. The van der Waals surface area contributed by atoms with Crippen molar-refractivity contribution in [2.45, 2.75) is 103 Å². The van der Waals surface area contributed by atoms with Gasteiger partial charge in [-0.25, -0.2) is 0 Å². The summed E-state index contributed by atoms with van der Waals surface area (Å²) in [5.41, 5.74) is 1.75. The number of benzene rings is 1. The quantitative estimate of drug-likeness (QED) is 0.258. The molecule has 0 unspecified atom stereocenters. The molecule has 0 aliphatic heterocycles. The van der Waals surface area contributed by atoms with Crippen LogP contribution in [-0.2, 0) is 14.3 Å². The van der Waals surface area contributed by atoms with Crippen LogP contribution in [0.15, 0.2) is 23.1 Å². The van der Waals surface area contributed by atoms with Crippen LogP contribution < -0.4 is 6.15 Å². The molecular formula is C22H41NO3S. The van der Waals surface area contributed by atoms with Crippen molar-refractivity contribution in [2.75, 3.05) is 6.61 Å². The van der Waals surface area contributed by atoms with Crippen LogP contribution in [0.4, 0.5) is 0 Å². The predicted molar refractivity (Wildman–Crippen MR) is 115 cm³/mol. The molecule has 0 saturated carbocycles. The van der Waals surface area contributed by atoms with Gasteiger partial charge in [-0.15, -0.1) is 0 Å². The lowest BCUT2D eigenvalue weighted by Crippen LogP contribution is -2.09. The highest BCUT2D eigenvalue weighted by atomic mass is 32.2. The van der Waals surface area contributed by atoms with Crippen LogP contribution in [0.5, 0.6) is 0 Å². The minimum absolute atomic E-state index is 0. The Morgan fingerprint density at radius 1 is 0.778 bits per heavy atom. The summed E-state index contributed by atoms with van der Waals surface area (Å²) in [6.07, 6.45) is 15.1. The summed E-state index contributed by atoms with van der Waals surface area (Å²) >= 11 is 0. The van der Waals surface area contributed by atoms with Crippen molar-refractivity contribution in [1.29, 1.82) is 0 Å². The average Bonchev–Trinajstić information content (AvgIpc) is 2.61. The lowest BCUT2D eigenvalue weighted by Gasteiger charge is -2.10. The predicted octanol–water partition coefficient (Wildman–Crippen LogP) is 6.87. The van der Waals surface area contributed by atoms with E-state index in [9.17, 15) is 8.42 Å².